The quantitative estimate of drug-likeness (QED) is 0.447. The van der Waals surface area contributed by atoms with E-state index in [1.807, 2.05) is 13.8 Å². The lowest BCUT2D eigenvalue weighted by Gasteiger charge is -2.18. The fraction of sp³-hybridized carbons (Fsp3) is 0.360. The summed E-state index contributed by atoms with van der Waals surface area (Å²) in [5, 5.41) is 10.3. The van der Waals surface area contributed by atoms with Crippen LogP contribution in [0.4, 0.5) is 4.39 Å². The van der Waals surface area contributed by atoms with Crippen molar-refractivity contribution in [2.75, 3.05) is 7.11 Å². The molecule has 0 fully saturated rings. The number of carbonyl (C=O) groups excluding carboxylic acids is 1. The maximum absolute atomic E-state index is 14.5. The Labute approximate surface area is 209 Å². The summed E-state index contributed by atoms with van der Waals surface area (Å²) in [7, 11) is -2.70. The van der Waals surface area contributed by atoms with E-state index in [9.17, 15) is 22.7 Å². The van der Waals surface area contributed by atoms with Gasteiger partial charge in [-0.15, -0.1) is 11.3 Å². The molecular formula is C25H29FN2O5S2. The van der Waals surface area contributed by atoms with Gasteiger partial charge in [-0.3, -0.25) is 4.79 Å². The number of sulfonamides is 1. The Kier molecular flexibility index (Phi) is 7.68. The molecule has 35 heavy (non-hydrogen) atoms. The molecule has 3 aromatic rings. The SMILES string of the molecule is COc1cc(-c2cc(F)cc(C(C)C)c2CC(=O)NS(=O)(=O)c2cc(C(C)(C)O)c(C)s2)ccn1. The van der Waals surface area contributed by atoms with E-state index in [-0.39, 0.29) is 16.5 Å². The van der Waals surface area contributed by atoms with Crippen LogP contribution in [0.1, 0.15) is 55.2 Å². The van der Waals surface area contributed by atoms with Crippen molar-refractivity contribution in [3.05, 3.63) is 63.9 Å². The first-order valence-corrected chi connectivity index (χ1v) is 13.2. The van der Waals surface area contributed by atoms with Crippen LogP contribution in [0.2, 0.25) is 0 Å². The lowest BCUT2D eigenvalue weighted by atomic mass is 9.88. The van der Waals surface area contributed by atoms with Gasteiger partial charge in [0.15, 0.2) is 0 Å². The topological polar surface area (TPSA) is 106 Å². The number of thiophene rings is 1. The van der Waals surface area contributed by atoms with Crippen LogP contribution in [0.5, 0.6) is 5.88 Å². The Hall–Kier alpha value is -2.82. The number of aromatic nitrogens is 1. The Bertz CT molecular complexity index is 1360. The summed E-state index contributed by atoms with van der Waals surface area (Å²) in [4.78, 5) is 17.7. The number of nitrogens with zero attached hydrogens (tertiary/aromatic N) is 1. The third-order valence-corrected chi connectivity index (χ3v) is 8.43. The molecule has 7 nitrogen and oxygen atoms in total. The lowest BCUT2D eigenvalue weighted by molar-refractivity contribution is -0.118. The van der Waals surface area contributed by atoms with Crippen LogP contribution in [0, 0.1) is 12.7 Å². The number of amides is 1. The zero-order valence-corrected chi connectivity index (χ0v) is 22.1. The normalized spacial score (nSPS) is 12.1. The molecule has 0 bridgehead atoms. The minimum Gasteiger partial charge on any atom is -0.481 e. The van der Waals surface area contributed by atoms with E-state index in [2.05, 4.69) is 9.71 Å². The maximum atomic E-state index is 14.5. The molecule has 0 unspecified atom stereocenters. The van der Waals surface area contributed by atoms with Crippen LogP contribution in [-0.2, 0) is 26.8 Å². The van der Waals surface area contributed by atoms with Gasteiger partial charge in [0.2, 0.25) is 11.8 Å². The van der Waals surface area contributed by atoms with Crippen LogP contribution in [0.15, 0.2) is 40.7 Å². The van der Waals surface area contributed by atoms with Gasteiger partial charge in [-0.1, -0.05) is 13.8 Å². The molecule has 2 N–H and O–H groups in total. The van der Waals surface area contributed by atoms with Gasteiger partial charge in [0.25, 0.3) is 10.0 Å². The number of ether oxygens (including phenoxy) is 1. The van der Waals surface area contributed by atoms with Crippen LogP contribution in [0.25, 0.3) is 11.1 Å². The number of benzene rings is 1. The molecule has 2 aromatic heterocycles. The van der Waals surface area contributed by atoms with E-state index < -0.39 is 27.3 Å². The van der Waals surface area contributed by atoms with Gasteiger partial charge in [-0.05, 0) is 78.8 Å². The van der Waals surface area contributed by atoms with E-state index in [0.29, 0.717) is 38.6 Å². The minimum absolute atomic E-state index is 0.0669. The van der Waals surface area contributed by atoms with Crippen molar-refractivity contribution in [3.63, 3.8) is 0 Å². The highest BCUT2D eigenvalue weighted by molar-refractivity contribution is 7.92. The number of halogens is 1. The number of hydrogen-bond donors (Lipinski definition) is 2. The summed E-state index contributed by atoms with van der Waals surface area (Å²) in [5.41, 5.74) is 1.41. The van der Waals surface area contributed by atoms with Crippen molar-refractivity contribution in [2.45, 2.75) is 56.8 Å². The highest BCUT2D eigenvalue weighted by Crippen LogP contribution is 2.34. The maximum Gasteiger partial charge on any atom is 0.273 e. The number of aryl methyl sites for hydroxylation is 1. The van der Waals surface area contributed by atoms with E-state index in [0.717, 1.165) is 11.3 Å². The van der Waals surface area contributed by atoms with Crippen LogP contribution in [0.3, 0.4) is 0 Å². The highest BCUT2D eigenvalue weighted by atomic mass is 32.2. The second-order valence-corrected chi connectivity index (χ2v) is 12.2. The molecule has 10 heteroatoms. The van der Waals surface area contributed by atoms with Crippen molar-refractivity contribution >= 4 is 27.3 Å². The first-order chi connectivity index (χ1) is 16.2. The zero-order chi connectivity index (χ0) is 26.1. The molecule has 1 aromatic carbocycles. The monoisotopic (exact) mass is 520 g/mol. The van der Waals surface area contributed by atoms with Gasteiger partial charge in [0.1, 0.15) is 10.0 Å². The number of carbonyl (C=O) groups is 1. The summed E-state index contributed by atoms with van der Waals surface area (Å²) >= 11 is 0.977. The smallest absolute Gasteiger partial charge is 0.273 e. The van der Waals surface area contributed by atoms with E-state index in [1.165, 1.54) is 31.5 Å². The number of aliphatic hydroxyl groups is 1. The average Bonchev–Trinajstić information content (AvgIpc) is 3.17. The summed E-state index contributed by atoms with van der Waals surface area (Å²) in [6.45, 7) is 8.58. The number of hydrogen-bond acceptors (Lipinski definition) is 7. The summed E-state index contributed by atoms with van der Waals surface area (Å²) in [6.07, 6.45) is 1.23. The van der Waals surface area contributed by atoms with E-state index >= 15 is 0 Å². The molecule has 0 aliphatic heterocycles. The fourth-order valence-corrected chi connectivity index (χ4v) is 6.49. The third-order valence-electron chi connectivity index (χ3n) is 5.53. The largest absolute Gasteiger partial charge is 0.481 e. The second-order valence-electron chi connectivity index (χ2n) is 9.06. The van der Waals surface area contributed by atoms with Gasteiger partial charge in [0, 0.05) is 17.1 Å². The van der Waals surface area contributed by atoms with E-state index in [1.54, 1.807) is 32.9 Å². The molecule has 2 heterocycles. The summed E-state index contributed by atoms with van der Waals surface area (Å²) in [5.74, 6) is -1.02. The number of pyridine rings is 1. The molecule has 0 spiro atoms. The Morgan fingerprint density at radius 3 is 2.51 bits per heavy atom. The first kappa shape index (κ1) is 26.8. The van der Waals surface area contributed by atoms with Crippen molar-refractivity contribution in [1.82, 2.24) is 9.71 Å². The van der Waals surface area contributed by atoms with Crippen molar-refractivity contribution in [2.24, 2.45) is 0 Å². The van der Waals surface area contributed by atoms with Crippen molar-refractivity contribution < 1.29 is 27.4 Å². The van der Waals surface area contributed by atoms with Crippen LogP contribution < -0.4 is 9.46 Å². The molecule has 0 saturated carbocycles. The van der Waals surface area contributed by atoms with E-state index in [4.69, 9.17) is 4.74 Å². The lowest BCUT2D eigenvalue weighted by Crippen LogP contribution is -2.32. The van der Waals surface area contributed by atoms with Crippen molar-refractivity contribution in [3.8, 4) is 17.0 Å². The van der Waals surface area contributed by atoms with Gasteiger partial charge in [-0.2, -0.15) is 0 Å². The predicted molar refractivity (Wildman–Crippen MR) is 134 cm³/mol. The van der Waals surface area contributed by atoms with Gasteiger partial charge >= 0.3 is 0 Å². The van der Waals surface area contributed by atoms with Crippen LogP contribution >= 0.6 is 11.3 Å². The predicted octanol–water partition coefficient (Wildman–Crippen LogP) is 4.66. The third kappa shape index (κ3) is 6.06. The van der Waals surface area contributed by atoms with Crippen LogP contribution in [-0.4, -0.2) is 31.5 Å². The second kappa shape index (κ2) is 10.0. The minimum atomic E-state index is -4.17. The zero-order valence-electron chi connectivity index (χ0n) is 20.5. The number of methoxy groups -OCH3 is 1. The Morgan fingerprint density at radius 1 is 1.26 bits per heavy atom. The summed E-state index contributed by atoms with van der Waals surface area (Å²) in [6, 6.07) is 7.36. The molecule has 0 aliphatic rings. The Balaban J connectivity index is 1.99. The Morgan fingerprint density at radius 2 is 1.94 bits per heavy atom. The molecular weight excluding hydrogens is 491 g/mol. The molecule has 0 radical (unpaired) electrons. The fourth-order valence-electron chi connectivity index (χ4n) is 3.91. The first-order valence-electron chi connectivity index (χ1n) is 10.9. The highest BCUT2D eigenvalue weighted by Gasteiger charge is 2.28. The number of nitrogens with one attached hydrogen (secondary N) is 1. The standard InChI is InChI=1S/C25H29FN2O5S2/c1-14(2)18-10-17(26)11-19(16-7-8-27-23(9-16)33-6)20(18)12-22(29)28-35(31,32)24-13-21(15(3)34-24)25(4,5)30/h7-11,13-14,30H,12H2,1-6H3,(H,28,29). The summed E-state index contributed by atoms with van der Waals surface area (Å²) < 4.78 is 47.7. The van der Waals surface area contributed by atoms with Crippen molar-refractivity contribution in [1.29, 1.82) is 0 Å². The van der Waals surface area contributed by atoms with Gasteiger partial charge in [-0.25, -0.2) is 22.5 Å². The van der Waals surface area contributed by atoms with Gasteiger partial charge in [0.05, 0.1) is 19.1 Å². The molecule has 188 valence electrons. The van der Waals surface area contributed by atoms with Gasteiger partial charge < -0.3 is 9.84 Å². The molecule has 0 aliphatic carbocycles. The molecule has 0 saturated heterocycles. The molecule has 0 atom stereocenters. The molecule has 1 amide bonds. The molecule has 3 rings (SSSR count). The number of rotatable bonds is 8. The average molecular weight is 521 g/mol.